The van der Waals surface area contributed by atoms with E-state index in [2.05, 4.69) is 33.2 Å². The monoisotopic (exact) mass is 326 g/mol. The predicted octanol–water partition coefficient (Wildman–Crippen LogP) is 2.16. The van der Waals surface area contributed by atoms with Gasteiger partial charge in [-0.2, -0.15) is 9.67 Å². The third-order valence-corrected chi connectivity index (χ3v) is 5.43. The van der Waals surface area contributed by atoms with Gasteiger partial charge >= 0.3 is 0 Å². The molecule has 2 heterocycles. The van der Waals surface area contributed by atoms with Gasteiger partial charge in [-0.25, -0.2) is 0 Å². The minimum atomic E-state index is 0.217. The Morgan fingerprint density at radius 2 is 1.83 bits per heavy atom. The number of hydrogen-bond acceptors (Lipinski definition) is 5. The second kappa shape index (κ2) is 6.43. The number of likely N-dealkylation sites (tertiary alicyclic amines) is 1. The number of aromatic nitrogens is 3. The van der Waals surface area contributed by atoms with Crippen LogP contribution < -0.4 is 11.5 Å². The summed E-state index contributed by atoms with van der Waals surface area (Å²) in [7, 11) is 0. The van der Waals surface area contributed by atoms with Crippen LogP contribution in [-0.4, -0.2) is 38.8 Å². The first kappa shape index (κ1) is 15.4. The highest BCUT2D eigenvalue weighted by atomic mass is 15.4. The fourth-order valence-corrected chi connectivity index (χ4v) is 4.18. The number of hydrogen-bond donors (Lipinski definition) is 2. The fourth-order valence-electron chi connectivity index (χ4n) is 4.18. The molecular formula is C18H26N6. The average molecular weight is 326 g/mol. The smallest absolute Gasteiger partial charge is 0.241 e. The Kier molecular flexibility index (Phi) is 4.14. The van der Waals surface area contributed by atoms with Gasteiger partial charge in [-0.05, 0) is 74.9 Å². The van der Waals surface area contributed by atoms with E-state index in [1.54, 1.807) is 4.68 Å². The zero-order valence-corrected chi connectivity index (χ0v) is 14.1. The Bertz CT molecular complexity index is 716. The summed E-state index contributed by atoms with van der Waals surface area (Å²) < 4.78 is 1.64. The molecule has 1 aromatic heterocycles. The molecule has 1 atom stereocenters. The molecule has 4 N–H and O–H groups in total. The van der Waals surface area contributed by atoms with E-state index in [0.717, 1.165) is 18.5 Å². The molecule has 128 valence electrons. The first-order valence-corrected chi connectivity index (χ1v) is 9.05. The minimum Gasteiger partial charge on any atom is -0.368 e. The number of nitrogens with two attached hydrogens (primary N) is 2. The molecule has 0 bridgehead atoms. The average Bonchev–Trinajstić information content (AvgIpc) is 3.17. The predicted molar refractivity (Wildman–Crippen MR) is 96.0 cm³/mol. The molecule has 1 aliphatic heterocycles. The van der Waals surface area contributed by atoms with E-state index in [1.165, 1.54) is 56.3 Å². The highest BCUT2D eigenvalue weighted by molar-refractivity contribution is 5.45. The van der Waals surface area contributed by atoms with Crippen LogP contribution in [0.2, 0.25) is 0 Å². The van der Waals surface area contributed by atoms with E-state index in [-0.39, 0.29) is 5.95 Å². The Labute approximate surface area is 142 Å². The molecule has 0 radical (unpaired) electrons. The van der Waals surface area contributed by atoms with E-state index in [0.29, 0.717) is 12.0 Å². The molecule has 2 aromatic rings. The molecule has 1 saturated heterocycles. The zero-order chi connectivity index (χ0) is 16.5. The van der Waals surface area contributed by atoms with E-state index < -0.39 is 0 Å². The number of nitrogens with zero attached hydrogens (tertiary/aromatic N) is 4. The first-order chi connectivity index (χ1) is 11.7. The van der Waals surface area contributed by atoms with E-state index in [9.17, 15) is 0 Å². The van der Waals surface area contributed by atoms with Crippen molar-refractivity contribution in [3.63, 3.8) is 0 Å². The number of nitrogen functional groups attached to an aromatic ring is 2. The Balaban J connectivity index is 1.66. The largest absolute Gasteiger partial charge is 0.368 e. The number of rotatable bonds is 2. The van der Waals surface area contributed by atoms with Crippen LogP contribution in [0.15, 0.2) is 18.2 Å². The molecule has 2 aliphatic rings. The van der Waals surface area contributed by atoms with Crippen molar-refractivity contribution in [3.05, 3.63) is 29.3 Å². The van der Waals surface area contributed by atoms with E-state index in [4.69, 9.17) is 11.5 Å². The Hall–Kier alpha value is -2.08. The summed E-state index contributed by atoms with van der Waals surface area (Å²) in [5.74, 6) is 0.559. The third-order valence-electron chi connectivity index (χ3n) is 5.43. The molecule has 0 spiro atoms. The standard InChI is InChI=1S/C18H26N6/c19-17-21-18(20)24(22-17)16-8-7-13-5-1-2-6-15(11-14(13)12-16)23-9-3-4-10-23/h7-8,12,15H,1-6,9-11H2,(H4,19,20,21,22). The van der Waals surface area contributed by atoms with Crippen LogP contribution in [0.3, 0.4) is 0 Å². The highest BCUT2D eigenvalue weighted by Gasteiger charge is 2.24. The van der Waals surface area contributed by atoms with Gasteiger partial charge in [0.25, 0.3) is 0 Å². The van der Waals surface area contributed by atoms with Gasteiger partial charge < -0.3 is 16.4 Å². The van der Waals surface area contributed by atoms with Crippen molar-refractivity contribution in [1.29, 1.82) is 0 Å². The first-order valence-electron chi connectivity index (χ1n) is 9.05. The van der Waals surface area contributed by atoms with Crippen molar-refractivity contribution >= 4 is 11.9 Å². The topological polar surface area (TPSA) is 86.0 Å². The summed E-state index contributed by atoms with van der Waals surface area (Å²) >= 11 is 0. The lowest BCUT2D eigenvalue weighted by Gasteiger charge is -2.30. The molecule has 4 rings (SSSR count). The van der Waals surface area contributed by atoms with Crippen molar-refractivity contribution in [2.75, 3.05) is 24.6 Å². The van der Waals surface area contributed by atoms with Crippen LogP contribution in [-0.2, 0) is 12.8 Å². The van der Waals surface area contributed by atoms with Crippen molar-refractivity contribution < 1.29 is 0 Å². The maximum atomic E-state index is 5.93. The van der Waals surface area contributed by atoms with Gasteiger partial charge in [-0.3, -0.25) is 0 Å². The van der Waals surface area contributed by atoms with Crippen LogP contribution in [0.25, 0.3) is 5.69 Å². The zero-order valence-electron chi connectivity index (χ0n) is 14.1. The van der Waals surface area contributed by atoms with Gasteiger partial charge in [0.2, 0.25) is 11.9 Å². The SMILES string of the molecule is Nc1nc(N)n(-c2ccc3c(c2)CC(N2CCCC2)CCCC3)n1. The molecule has 0 saturated carbocycles. The number of anilines is 2. The van der Waals surface area contributed by atoms with Gasteiger partial charge in [0.1, 0.15) is 0 Å². The lowest BCUT2D eigenvalue weighted by Crippen LogP contribution is -2.35. The van der Waals surface area contributed by atoms with Crippen LogP contribution >= 0.6 is 0 Å². The van der Waals surface area contributed by atoms with Crippen molar-refractivity contribution in [3.8, 4) is 5.69 Å². The van der Waals surface area contributed by atoms with Crippen LogP contribution in [0.5, 0.6) is 0 Å². The lowest BCUT2D eigenvalue weighted by molar-refractivity contribution is 0.222. The molecule has 24 heavy (non-hydrogen) atoms. The van der Waals surface area contributed by atoms with Gasteiger partial charge in [-0.15, -0.1) is 5.10 Å². The lowest BCUT2D eigenvalue weighted by atomic mass is 9.89. The fraction of sp³-hybridized carbons (Fsp3) is 0.556. The Morgan fingerprint density at radius 1 is 1.00 bits per heavy atom. The minimum absolute atomic E-state index is 0.217. The van der Waals surface area contributed by atoms with Crippen molar-refractivity contribution in [1.82, 2.24) is 19.7 Å². The maximum Gasteiger partial charge on any atom is 0.241 e. The molecule has 1 aromatic carbocycles. The molecular weight excluding hydrogens is 300 g/mol. The highest BCUT2D eigenvalue weighted by Crippen LogP contribution is 2.27. The number of aryl methyl sites for hydroxylation is 1. The van der Waals surface area contributed by atoms with Crippen molar-refractivity contribution in [2.24, 2.45) is 0 Å². The van der Waals surface area contributed by atoms with E-state index in [1.807, 2.05) is 0 Å². The Morgan fingerprint density at radius 3 is 2.58 bits per heavy atom. The molecule has 1 aliphatic carbocycles. The van der Waals surface area contributed by atoms with Crippen LogP contribution in [0.1, 0.15) is 43.2 Å². The molecule has 1 fully saturated rings. The van der Waals surface area contributed by atoms with E-state index >= 15 is 0 Å². The molecule has 0 amide bonds. The molecule has 1 unspecified atom stereocenters. The van der Waals surface area contributed by atoms with Crippen LogP contribution in [0.4, 0.5) is 11.9 Å². The number of benzene rings is 1. The summed E-state index contributed by atoms with van der Waals surface area (Å²) in [6.07, 6.45) is 8.88. The normalized spacial score (nSPS) is 22.1. The molecule has 6 nitrogen and oxygen atoms in total. The number of fused-ring (bicyclic) bond motifs is 1. The van der Waals surface area contributed by atoms with Crippen LogP contribution in [0, 0.1) is 0 Å². The van der Waals surface area contributed by atoms with Gasteiger partial charge in [0.05, 0.1) is 5.69 Å². The summed E-state index contributed by atoms with van der Waals surface area (Å²) in [6, 6.07) is 7.21. The van der Waals surface area contributed by atoms with Gasteiger partial charge in [-0.1, -0.05) is 12.5 Å². The second-order valence-electron chi connectivity index (χ2n) is 7.04. The molecule has 6 heteroatoms. The summed E-state index contributed by atoms with van der Waals surface area (Å²) in [4.78, 5) is 6.69. The third kappa shape index (κ3) is 2.98. The maximum absolute atomic E-state index is 5.93. The van der Waals surface area contributed by atoms with Gasteiger partial charge in [0.15, 0.2) is 0 Å². The summed E-state index contributed by atoms with van der Waals surface area (Å²) in [5, 5.41) is 4.22. The van der Waals surface area contributed by atoms with Crippen molar-refractivity contribution in [2.45, 2.75) is 51.0 Å². The summed E-state index contributed by atoms with van der Waals surface area (Å²) in [6.45, 7) is 2.51. The quantitative estimate of drug-likeness (QED) is 0.883. The summed E-state index contributed by atoms with van der Waals surface area (Å²) in [5.41, 5.74) is 15.5. The second-order valence-corrected chi connectivity index (χ2v) is 7.04. The van der Waals surface area contributed by atoms with Gasteiger partial charge in [0, 0.05) is 6.04 Å².